The third-order valence-electron chi connectivity index (χ3n) is 3.51. The Morgan fingerprint density at radius 3 is 2.33 bits per heavy atom. The highest BCUT2D eigenvalue weighted by molar-refractivity contribution is 5.75. The van der Waals surface area contributed by atoms with Crippen LogP contribution in [0.3, 0.4) is 0 Å². The van der Waals surface area contributed by atoms with Crippen LogP contribution in [0.4, 0.5) is 0 Å². The van der Waals surface area contributed by atoms with E-state index in [0.717, 1.165) is 18.5 Å². The molecule has 1 aromatic carbocycles. The third-order valence-corrected chi connectivity index (χ3v) is 3.51. The van der Waals surface area contributed by atoms with Crippen LogP contribution in [0.2, 0.25) is 0 Å². The largest absolute Gasteiger partial charge is 0.481 e. The molecular formula is C15H23NO2. The minimum absolute atomic E-state index is 0.132. The van der Waals surface area contributed by atoms with Gasteiger partial charge in [-0.2, -0.15) is 0 Å². The van der Waals surface area contributed by atoms with Crippen molar-refractivity contribution in [3.63, 3.8) is 0 Å². The van der Waals surface area contributed by atoms with Crippen molar-refractivity contribution >= 4 is 5.97 Å². The molecule has 1 aromatic rings. The Morgan fingerprint density at radius 2 is 1.89 bits per heavy atom. The first-order chi connectivity index (χ1) is 8.35. The summed E-state index contributed by atoms with van der Waals surface area (Å²) in [5.41, 5.74) is 2.16. The van der Waals surface area contributed by atoms with Gasteiger partial charge in [0.15, 0.2) is 0 Å². The topological polar surface area (TPSA) is 49.3 Å². The van der Waals surface area contributed by atoms with Gasteiger partial charge >= 0.3 is 5.97 Å². The highest BCUT2D eigenvalue weighted by Crippen LogP contribution is 2.16. The van der Waals surface area contributed by atoms with Gasteiger partial charge in [0.25, 0.3) is 0 Å². The highest BCUT2D eigenvalue weighted by Gasteiger charge is 2.15. The Kier molecular flexibility index (Phi) is 4.91. The molecule has 0 saturated carbocycles. The number of aliphatic carboxylic acids is 1. The first-order valence-electron chi connectivity index (χ1n) is 6.42. The number of hydrogen-bond acceptors (Lipinski definition) is 2. The maximum absolute atomic E-state index is 10.9. The molecule has 1 rings (SSSR count). The number of benzene rings is 1. The summed E-state index contributed by atoms with van der Waals surface area (Å²) in [6.07, 6.45) is 1.07. The third kappa shape index (κ3) is 4.15. The van der Waals surface area contributed by atoms with Crippen molar-refractivity contribution in [3.05, 3.63) is 35.4 Å². The summed E-state index contributed by atoms with van der Waals surface area (Å²) in [4.78, 5) is 10.9. The van der Waals surface area contributed by atoms with Crippen molar-refractivity contribution in [2.75, 3.05) is 0 Å². The molecule has 0 saturated heterocycles. The summed E-state index contributed by atoms with van der Waals surface area (Å²) in [5, 5.41) is 12.4. The summed E-state index contributed by atoms with van der Waals surface area (Å²) in [5.74, 6) is -1.23. The van der Waals surface area contributed by atoms with Crippen LogP contribution in [0.15, 0.2) is 24.3 Å². The van der Waals surface area contributed by atoms with Gasteiger partial charge in [0.2, 0.25) is 0 Å². The van der Waals surface area contributed by atoms with E-state index in [0.29, 0.717) is 0 Å². The molecule has 0 aliphatic heterocycles. The van der Waals surface area contributed by atoms with Crippen molar-refractivity contribution < 1.29 is 9.90 Å². The molecule has 1 atom stereocenters. The monoisotopic (exact) mass is 249 g/mol. The van der Waals surface area contributed by atoms with E-state index in [1.807, 2.05) is 24.3 Å². The molecule has 1 unspecified atom stereocenters. The van der Waals surface area contributed by atoms with Gasteiger partial charge < -0.3 is 10.4 Å². The van der Waals surface area contributed by atoms with Gasteiger partial charge in [0.05, 0.1) is 5.92 Å². The molecule has 2 N–H and O–H groups in total. The van der Waals surface area contributed by atoms with E-state index in [4.69, 9.17) is 5.11 Å². The zero-order valence-corrected chi connectivity index (χ0v) is 11.7. The second-order valence-corrected chi connectivity index (χ2v) is 5.39. The summed E-state index contributed by atoms with van der Waals surface area (Å²) < 4.78 is 0. The molecule has 3 nitrogen and oxygen atoms in total. The van der Waals surface area contributed by atoms with Gasteiger partial charge in [-0.05, 0) is 38.3 Å². The number of rotatable bonds is 6. The Hall–Kier alpha value is -1.35. The molecule has 18 heavy (non-hydrogen) atoms. The Morgan fingerprint density at radius 1 is 1.33 bits per heavy atom. The molecule has 0 amide bonds. The molecule has 0 spiro atoms. The van der Waals surface area contributed by atoms with Crippen LogP contribution in [0.5, 0.6) is 0 Å². The second kappa shape index (κ2) is 6.01. The van der Waals surface area contributed by atoms with Crippen LogP contribution in [-0.2, 0) is 11.3 Å². The molecule has 3 heteroatoms. The molecule has 0 aliphatic carbocycles. The van der Waals surface area contributed by atoms with E-state index in [2.05, 4.69) is 26.1 Å². The molecule has 0 bridgehead atoms. The first kappa shape index (κ1) is 14.7. The molecule has 0 radical (unpaired) electrons. The van der Waals surface area contributed by atoms with E-state index >= 15 is 0 Å². The predicted octanol–water partition coefficient (Wildman–Crippen LogP) is 3.15. The lowest BCUT2D eigenvalue weighted by Crippen LogP contribution is -2.37. The Balaban J connectivity index is 2.64. The fourth-order valence-electron chi connectivity index (χ4n) is 1.53. The van der Waals surface area contributed by atoms with Gasteiger partial charge in [-0.3, -0.25) is 4.79 Å². The van der Waals surface area contributed by atoms with Gasteiger partial charge in [-0.15, -0.1) is 0 Å². The minimum atomic E-state index is -0.784. The smallest absolute Gasteiger partial charge is 0.310 e. The normalized spacial score (nSPS) is 13.3. The van der Waals surface area contributed by atoms with Crippen LogP contribution < -0.4 is 5.32 Å². The fourth-order valence-corrected chi connectivity index (χ4v) is 1.53. The summed E-state index contributed by atoms with van der Waals surface area (Å²) in [6, 6.07) is 7.78. The van der Waals surface area contributed by atoms with Crippen molar-refractivity contribution in [1.29, 1.82) is 0 Å². The first-order valence-corrected chi connectivity index (χ1v) is 6.42. The predicted molar refractivity (Wildman–Crippen MR) is 73.7 cm³/mol. The van der Waals surface area contributed by atoms with Gasteiger partial charge in [0.1, 0.15) is 0 Å². The lowest BCUT2D eigenvalue weighted by molar-refractivity contribution is -0.138. The molecule has 100 valence electrons. The lowest BCUT2D eigenvalue weighted by Gasteiger charge is -2.24. The second-order valence-electron chi connectivity index (χ2n) is 5.39. The number of carboxylic acid groups (broad SMARTS) is 1. The van der Waals surface area contributed by atoms with Crippen molar-refractivity contribution in [2.45, 2.75) is 52.1 Å². The van der Waals surface area contributed by atoms with Crippen LogP contribution in [-0.4, -0.2) is 16.6 Å². The Labute approximate surface area is 109 Å². The minimum Gasteiger partial charge on any atom is -0.481 e. The average molecular weight is 249 g/mol. The molecular weight excluding hydrogens is 226 g/mol. The van der Waals surface area contributed by atoms with Crippen LogP contribution in [0, 0.1) is 0 Å². The molecule has 0 aromatic heterocycles. The van der Waals surface area contributed by atoms with Gasteiger partial charge in [-0.25, -0.2) is 0 Å². The van der Waals surface area contributed by atoms with Crippen molar-refractivity contribution in [3.8, 4) is 0 Å². The standard InChI is InChI=1S/C15H23NO2/c1-5-15(3,4)16-10-12-6-8-13(9-7-12)11(2)14(17)18/h6-9,11,16H,5,10H2,1-4H3,(H,17,18). The van der Waals surface area contributed by atoms with E-state index < -0.39 is 11.9 Å². The van der Waals surface area contributed by atoms with Gasteiger partial charge in [-0.1, -0.05) is 31.2 Å². The molecule has 0 fully saturated rings. The van der Waals surface area contributed by atoms with E-state index in [1.165, 1.54) is 5.56 Å². The number of nitrogens with one attached hydrogen (secondary N) is 1. The lowest BCUT2D eigenvalue weighted by atomic mass is 9.99. The highest BCUT2D eigenvalue weighted by atomic mass is 16.4. The fraction of sp³-hybridized carbons (Fsp3) is 0.533. The maximum Gasteiger partial charge on any atom is 0.310 e. The van der Waals surface area contributed by atoms with Crippen LogP contribution in [0.1, 0.15) is 51.2 Å². The van der Waals surface area contributed by atoms with Crippen LogP contribution in [0.25, 0.3) is 0 Å². The zero-order chi connectivity index (χ0) is 13.8. The Bertz CT molecular complexity index is 395. The van der Waals surface area contributed by atoms with E-state index in [1.54, 1.807) is 6.92 Å². The average Bonchev–Trinajstić information content (AvgIpc) is 2.36. The SMILES string of the molecule is CCC(C)(C)NCc1ccc(C(C)C(=O)O)cc1. The van der Waals surface area contributed by atoms with Crippen molar-refractivity contribution in [2.24, 2.45) is 0 Å². The molecule has 0 aliphatic rings. The number of hydrogen-bond donors (Lipinski definition) is 2. The summed E-state index contributed by atoms with van der Waals surface area (Å²) >= 11 is 0. The van der Waals surface area contributed by atoms with Crippen molar-refractivity contribution in [1.82, 2.24) is 5.32 Å². The summed E-state index contributed by atoms with van der Waals surface area (Å²) in [7, 11) is 0. The number of carbonyl (C=O) groups is 1. The quantitative estimate of drug-likeness (QED) is 0.814. The van der Waals surface area contributed by atoms with Crippen LogP contribution >= 0.6 is 0 Å². The summed E-state index contributed by atoms with van der Waals surface area (Å²) in [6.45, 7) is 9.02. The maximum atomic E-state index is 10.9. The van der Waals surface area contributed by atoms with E-state index in [-0.39, 0.29) is 5.54 Å². The zero-order valence-electron chi connectivity index (χ0n) is 11.7. The van der Waals surface area contributed by atoms with E-state index in [9.17, 15) is 4.79 Å². The van der Waals surface area contributed by atoms with Gasteiger partial charge in [0, 0.05) is 12.1 Å². The molecule has 0 heterocycles. The number of carboxylic acids is 1.